The molecule has 0 bridgehead atoms. The monoisotopic (exact) mass is 187 g/mol. The van der Waals surface area contributed by atoms with E-state index in [0.717, 1.165) is 6.42 Å². The van der Waals surface area contributed by atoms with Gasteiger partial charge >= 0.3 is 5.97 Å². The van der Waals surface area contributed by atoms with Gasteiger partial charge in [0.2, 0.25) is 5.91 Å². The molecular formula is C8H13NO4. The van der Waals surface area contributed by atoms with Crippen molar-refractivity contribution in [3.8, 4) is 0 Å². The van der Waals surface area contributed by atoms with Crippen LogP contribution >= 0.6 is 0 Å². The van der Waals surface area contributed by atoms with Crippen molar-refractivity contribution >= 4 is 11.9 Å². The van der Waals surface area contributed by atoms with E-state index in [9.17, 15) is 9.59 Å². The SMILES string of the molecule is CC1(C)CC1C(=O)NOCC(=O)O. The van der Waals surface area contributed by atoms with E-state index >= 15 is 0 Å². The van der Waals surface area contributed by atoms with Crippen molar-refractivity contribution in [1.29, 1.82) is 0 Å². The molecule has 0 aromatic heterocycles. The Hall–Kier alpha value is -1.10. The summed E-state index contributed by atoms with van der Waals surface area (Å²) in [4.78, 5) is 25.6. The van der Waals surface area contributed by atoms with Crippen LogP contribution in [0.4, 0.5) is 0 Å². The van der Waals surface area contributed by atoms with Crippen LogP contribution in [0.5, 0.6) is 0 Å². The predicted molar refractivity (Wildman–Crippen MR) is 43.6 cm³/mol. The zero-order valence-electron chi connectivity index (χ0n) is 7.66. The number of nitrogens with one attached hydrogen (secondary N) is 1. The molecule has 0 heterocycles. The first-order valence-corrected chi connectivity index (χ1v) is 4.07. The molecule has 2 N–H and O–H groups in total. The van der Waals surface area contributed by atoms with Crippen LogP contribution in [0.2, 0.25) is 0 Å². The normalized spacial score (nSPS) is 23.7. The second-order valence-corrected chi connectivity index (χ2v) is 3.89. The van der Waals surface area contributed by atoms with Crippen molar-refractivity contribution in [2.24, 2.45) is 11.3 Å². The summed E-state index contributed by atoms with van der Waals surface area (Å²) in [7, 11) is 0. The molecule has 1 rings (SSSR count). The highest BCUT2D eigenvalue weighted by Crippen LogP contribution is 2.51. The average Bonchev–Trinajstić information content (AvgIpc) is 2.59. The first-order valence-electron chi connectivity index (χ1n) is 4.07. The standard InChI is InChI=1S/C8H13NO4/c1-8(2)3-5(8)7(12)9-13-4-6(10)11/h5H,3-4H2,1-2H3,(H,9,12)(H,10,11). The molecule has 0 spiro atoms. The van der Waals surface area contributed by atoms with E-state index < -0.39 is 12.6 Å². The maximum absolute atomic E-state index is 11.2. The number of rotatable bonds is 4. The summed E-state index contributed by atoms with van der Waals surface area (Å²) in [5.41, 5.74) is 2.15. The van der Waals surface area contributed by atoms with Gasteiger partial charge in [-0.15, -0.1) is 0 Å². The molecule has 1 unspecified atom stereocenters. The van der Waals surface area contributed by atoms with Gasteiger partial charge in [0.25, 0.3) is 0 Å². The topological polar surface area (TPSA) is 75.6 Å². The number of hydrogen-bond acceptors (Lipinski definition) is 3. The van der Waals surface area contributed by atoms with Gasteiger partial charge < -0.3 is 5.11 Å². The van der Waals surface area contributed by atoms with Gasteiger partial charge in [0, 0.05) is 5.92 Å². The number of amides is 1. The van der Waals surface area contributed by atoms with Gasteiger partial charge in [-0.1, -0.05) is 13.8 Å². The quantitative estimate of drug-likeness (QED) is 0.615. The lowest BCUT2D eigenvalue weighted by atomic mass is 10.1. The molecule has 1 amide bonds. The molecule has 0 aliphatic heterocycles. The molecule has 0 aromatic rings. The fourth-order valence-electron chi connectivity index (χ4n) is 1.15. The van der Waals surface area contributed by atoms with Crippen LogP contribution in [-0.4, -0.2) is 23.6 Å². The minimum Gasteiger partial charge on any atom is -0.479 e. The number of carbonyl (C=O) groups is 2. The van der Waals surface area contributed by atoms with Crippen LogP contribution in [0.15, 0.2) is 0 Å². The van der Waals surface area contributed by atoms with Crippen LogP contribution in [0.25, 0.3) is 0 Å². The van der Waals surface area contributed by atoms with Gasteiger partial charge in [0.1, 0.15) is 0 Å². The van der Waals surface area contributed by atoms with Crippen LogP contribution in [0.1, 0.15) is 20.3 Å². The Labute approximate surface area is 76.0 Å². The minimum absolute atomic E-state index is 0.0384. The Kier molecular flexibility index (Phi) is 2.56. The van der Waals surface area contributed by atoms with Gasteiger partial charge in [0.15, 0.2) is 6.61 Å². The summed E-state index contributed by atoms with van der Waals surface area (Å²) in [6.45, 7) is 3.46. The molecule has 5 nitrogen and oxygen atoms in total. The molecule has 1 aliphatic carbocycles. The lowest BCUT2D eigenvalue weighted by Crippen LogP contribution is -2.29. The van der Waals surface area contributed by atoms with Gasteiger partial charge in [-0.2, -0.15) is 0 Å². The fourth-order valence-corrected chi connectivity index (χ4v) is 1.15. The lowest BCUT2D eigenvalue weighted by molar-refractivity contribution is -0.149. The van der Waals surface area contributed by atoms with Crippen LogP contribution in [-0.2, 0) is 14.4 Å². The molecule has 0 aromatic carbocycles. The van der Waals surface area contributed by atoms with E-state index in [-0.39, 0.29) is 17.2 Å². The second kappa shape index (κ2) is 3.33. The number of carbonyl (C=O) groups excluding carboxylic acids is 1. The molecule has 1 atom stereocenters. The van der Waals surface area contributed by atoms with E-state index in [1.807, 2.05) is 13.8 Å². The molecule has 0 radical (unpaired) electrons. The summed E-state index contributed by atoms with van der Waals surface area (Å²) < 4.78 is 0. The Morgan fingerprint density at radius 3 is 2.54 bits per heavy atom. The molecule has 74 valence electrons. The van der Waals surface area contributed by atoms with E-state index in [4.69, 9.17) is 5.11 Å². The van der Waals surface area contributed by atoms with Gasteiger partial charge in [-0.25, -0.2) is 10.3 Å². The summed E-state index contributed by atoms with van der Waals surface area (Å²) >= 11 is 0. The highest BCUT2D eigenvalue weighted by Gasteiger charge is 2.50. The molecule has 1 fully saturated rings. The predicted octanol–water partition coefficient (Wildman–Crippen LogP) is 0.165. The van der Waals surface area contributed by atoms with Crippen molar-refractivity contribution in [2.45, 2.75) is 20.3 Å². The highest BCUT2D eigenvalue weighted by atomic mass is 16.7. The molecular weight excluding hydrogens is 174 g/mol. The zero-order valence-corrected chi connectivity index (χ0v) is 7.66. The number of aliphatic carboxylic acids is 1. The Morgan fingerprint density at radius 2 is 2.15 bits per heavy atom. The number of carboxylic acid groups (broad SMARTS) is 1. The van der Waals surface area contributed by atoms with Crippen molar-refractivity contribution in [3.63, 3.8) is 0 Å². The number of carboxylic acids is 1. The Balaban J connectivity index is 2.17. The molecule has 1 saturated carbocycles. The molecule has 1 aliphatic rings. The summed E-state index contributed by atoms with van der Waals surface area (Å²) in [5, 5.41) is 8.21. The van der Waals surface area contributed by atoms with Gasteiger partial charge in [-0.3, -0.25) is 9.63 Å². The van der Waals surface area contributed by atoms with Gasteiger partial charge in [-0.05, 0) is 11.8 Å². The summed E-state index contributed by atoms with van der Waals surface area (Å²) in [5.74, 6) is -1.37. The van der Waals surface area contributed by atoms with Crippen LogP contribution in [0.3, 0.4) is 0 Å². The lowest BCUT2D eigenvalue weighted by Gasteiger charge is -2.04. The maximum Gasteiger partial charge on any atom is 0.332 e. The van der Waals surface area contributed by atoms with E-state index in [0.29, 0.717) is 0 Å². The maximum atomic E-state index is 11.2. The Morgan fingerprint density at radius 1 is 1.62 bits per heavy atom. The van der Waals surface area contributed by atoms with Crippen molar-refractivity contribution in [3.05, 3.63) is 0 Å². The summed E-state index contributed by atoms with van der Waals surface area (Å²) in [6, 6.07) is 0. The van der Waals surface area contributed by atoms with Crippen molar-refractivity contribution < 1.29 is 19.5 Å². The van der Waals surface area contributed by atoms with E-state index in [2.05, 4.69) is 10.3 Å². The molecule has 0 saturated heterocycles. The van der Waals surface area contributed by atoms with Gasteiger partial charge in [0.05, 0.1) is 0 Å². The van der Waals surface area contributed by atoms with Crippen molar-refractivity contribution in [2.75, 3.05) is 6.61 Å². The number of hydroxylamine groups is 1. The second-order valence-electron chi connectivity index (χ2n) is 3.89. The third-order valence-electron chi connectivity index (χ3n) is 2.20. The molecule has 13 heavy (non-hydrogen) atoms. The van der Waals surface area contributed by atoms with E-state index in [1.165, 1.54) is 0 Å². The number of hydrogen-bond donors (Lipinski definition) is 2. The average molecular weight is 187 g/mol. The first kappa shape index (κ1) is 9.98. The smallest absolute Gasteiger partial charge is 0.332 e. The third-order valence-corrected chi connectivity index (χ3v) is 2.20. The first-order chi connectivity index (χ1) is 5.93. The fraction of sp³-hybridized carbons (Fsp3) is 0.750. The Bertz CT molecular complexity index is 236. The summed E-state index contributed by atoms with van der Waals surface area (Å²) in [6.07, 6.45) is 0.829. The third kappa shape index (κ3) is 2.69. The van der Waals surface area contributed by atoms with Crippen molar-refractivity contribution in [1.82, 2.24) is 5.48 Å². The van der Waals surface area contributed by atoms with Crippen LogP contribution in [0, 0.1) is 11.3 Å². The minimum atomic E-state index is -1.10. The van der Waals surface area contributed by atoms with Crippen LogP contribution < -0.4 is 5.48 Å². The largest absolute Gasteiger partial charge is 0.479 e. The zero-order chi connectivity index (χ0) is 10.1. The molecule has 5 heteroatoms. The highest BCUT2D eigenvalue weighted by molar-refractivity contribution is 5.81. The van der Waals surface area contributed by atoms with E-state index in [1.54, 1.807) is 0 Å².